The third-order valence-corrected chi connectivity index (χ3v) is 4.28. The van der Waals surface area contributed by atoms with Gasteiger partial charge in [-0.05, 0) is 47.5 Å². The van der Waals surface area contributed by atoms with Gasteiger partial charge in [0.2, 0.25) is 5.91 Å². The summed E-state index contributed by atoms with van der Waals surface area (Å²) in [5, 5.41) is 3.32. The van der Waals surface area contributed by atoms with E-state index in [2.05, 4.69) is 5.32 Å². The molecule has 1 N–H and O–H groups in total. The van der Waals surface area contributed by atoms with E-state index in [0.29, 0.717) is 36.3 Å². The summed E-state index contributed by atoms with van der Waals surface area (Å²) in [5.74, 6) is 1.82. The van der Waals surface area contributed by atoms with Crippen molar-refractivity contribution in [2.24, 2.45) is 0 Å². The van der Waals surface area contributed by atoms with Crippen LogP contribution in [0.2, 0.25) is 5.02 Å². The van der Waals surface area contributed by atoms with Crippen molar-refractivity contribution < 1.29 is 19.0 Å². The van der Waals surface area contributed by atoms with Crippen LogP contribution in [0.15, 0.2) is 36.4 Å². The fourth-order valence-electron chi connectivity index (χ4n) is 2.85. The van der Waals surface area contributed by atoms with Gasteiger partial charge in [-0.15, -0.1) is 0 Å². The maximum absolute atomic E-state index is 12.1. The number of hydrogen-bond acceptors (Lipinski definition) is 4. The normalized spacial score (nSPS) is 14.9. The summed E-state index contributed by atoms with van der Waals surface area (Å²) >= 11 is 6.20. The van der Waals surface area contributed by atoms with Crippen LogP contribution in [0.1, 0.15) is 11.1 Å². The molecule has 4 rings (SSSR count). The van der Waals surface area contributed by atoms with Gasteiger partial charge in [0.25, 0.3) is 0 Å². The predicted octanol–water partition coefficient (Wildman–Crippen LogP) is 3.70. The smallest absolute Gasteiger partial charge is 0.248 e. The number of amides is 1. The van der Waals surface area contributed by atoms with E-state index >= 15 is 0 Å². The van der Waals surface area contributed by atoms with Crippen LogP contribution in [0.25, 0.3) is 6.08 Å². The molecule has 1 amide bonds. The van der Waals surface area contributed by atoms with Gasteiger partial charge in [-0.2, -0.15) is 0 Å². The van der Waals surface area contributed by atoms with E-state index in [0.717, 1.165) is 29.0 Å². The topological polar surface area (TPSA) is 56.8 Å². The van der Waals surface area contributed by atoms with Gasteiger partial charge in [-0.25, -0.2) is 0 Å². The first-order chi connectivity index (χ1) is 12.2. The first kappa shape index (κ1) is 15.8. The Kier molecular flexibility index (Phi) is 4.24. The van der Waals surface area contributed by atoms with Gasteiger partial charge in [0.05, 0.1) is 11.6 Å². The van der Waals surface area contributed by atoms with Crippen molar-refractivity contribution in [3.63, 3.8) is 0 Å². The second kappa shape index (κ2) is 6.69. The summed E-state index contributed by atoms with van der Waals surface area (Å²) in [6.45, 7) is 1.66. The molecule has 0 saturated carbocycles. The first-order valence-corrected chi connectivity index (χ1v) is 8.41. The molecule has 2 aliphatic heterocycles. The maximum Gasteiger partial charge on any atom is 0.248 e. The molecule has 2 aromatic rings. The van der Waals surface area contributed by atoms with Crippen molar-refractivity contribution in [2.75, 3.05) is 25.1 Å². The van der Waals surface area contributed by atoms with Crippen LogP contribution in [0, 0.1) is 0 Å². The maximum atomic E-state index is 12.1. The van der Waals surface area contributed by atoms with E-state index in [1.54, 1.807) is 18.2 Å². The highest BCUT2D eigenvalue weighted by Gasteiger charge is 2.16. The molecule has 0 spiro atoms. The zero-order valence-electron chi connectivity index (χ0n) is 13.4. The van der Waals surface area contributed by atoms with Gasteiger partial charge in [-0.1, -0.05) is 11.6 Å². The van der Waals surface area contributed by atoms with Crippen molar-refractivity contribution in [2.45, 2.75) is 6.42 Å². The lowest BCUT2D eigenvalue weighted by atomic mass is 10.1. The average Bonchev–Trinajstić information content (AvgIpc) is 3.08. The van der Waals surface area contributed by atoms with Crippen molar-refractivity contribution in [3.8, 4) is 17.2 Å². The second-order valence-corrected chi connectivity index (χ2v) is 6.18. The van der Waals surface area contributed by atoms with Crippen molar-refractivity contribution in [3.05, 3.63) is 52.6 Å². The Bertz CT molecular complexity index is 863. The van der Waals surface area contributed by atoms with Gasteiger partial charge >= 0.3 is 0 Å². The van der Waals surface area contributed by atoms with E-state index in [1.165, 1.54) is 6.08 Å². The molecule has 5 nitrogen and oxygen atoms in total. The van der Waals surface area contributed by atoms with Gasteiger partial charge in [0, 0.05) is 18.2 Å². The van der Waals surface area contributed by atoms with Crippen LogP contribution in [-0.2, 0) is 11.2 Å². The van der Waals surface area contributed by atoms with E-state index < -0.39 is 0 Å². The van der Waals surface area contributed by atoms with Crippen molar-refractivity contribution in [1.82, 2.24) is 0 Å². The number of hydrogen-bond donors (Lipinski definition) is 1. The molecule has 2 aromatic carbocycles. The van der Waals surface area contributed by atoms with Gasteiger partial charge in [0.15, 0.2) is 11.5 Å². The fourth-order valence-corrected chi connectivity index (χ4v) is 3.12. The summed E-state index contributed by atoms with van der Waals surface area (Å²) in [6.07, 6.45) is 4.02. The molecule has 0 aromatic heterocycles. The van der Waals surface area contributed by atoms with Gasteiger partial charge in [0.1, 0.15) is 19.0 Å². The van der Waals surface area contributed by atoms with Crippen LogP contribution in [0.4, 0.5) is 5.69 Å². The minimum absolute atomic E-state index is 0.218. The summed E-state index contributed by atoms with van der Waals surface area (Å²) in [6, 6.07) is 9.19. The SMILES string of the molecule is O=C(C=Cc1cc(Cl)c2c(c1)OCCO2)Nc1ccc2c(c1)CCO2. The summed E-state index contributed by atoms with van der Waals surface area (Å²) < 4.78 is 16.5. The average molecular weight is 358 g/mol. The summed E-state index contributed by atoms with van der Waals surface area (Å²) in [4.78, 5) is 12.1. The number of nitrogens with one attached hydrogen (secondary N) is 1. The molecule has 0 atom stereocenters. The number of carbonyl (C=O) groups excluding carboxylic acids is 1. The van der Waals surface area contributed by atoms with Crippen LogP contribution in [-0.4, -0.2) is 25.7 Å². The lowest BCUT2D eigenvalue weighted by molar-refractivity contribution is -0.111. The van der Waals surface area contributed by atoms with Gasteiger partial charge in [-0.3, -0.25) is 4.79 Å². The van der Waals surface area contributed by atoms with Crippen molar-refractivity contribution >= 4 is 29.3 Å². The van der Waals surface area contributed by atoms with E-state index in [4.69, 9.17) is 25.8 Å². The van der Waals surface area contributed by atoms with E-state index in [1.807, 2.05) is 18.2 Å². The third-order valence-electron chi connectivity index (χ3n) is 4.00. The molecule has 25 heavy (non-hydrogen) atoms. The molecule has 0 unspecified atom stereocenters. The Hall–Kier alpha value is -2.66. The molecule has 0 saturated heterocycles. The predicted molar refractivity (Wildman–Crippen MR) is 95.7 cm³/mol. The highest BCUT2D eigenvalue weighted by atomic mass is 35.5. The molecular weight excluding hydrogens is 342 g/mol. The molecule has 2 aliphatic rings. The van der Waals surface area contributed by atoms with Gasteiger partial charge < -0.3 is 19.5 Å². The molecule has 0 fully saturated rings. The molecule has 0 bridgehead atoms. The lowest BCUT2D eigenvalue weighted by Crippen LogP contribution is -2.15. The minimum Gasteiger partial charge on any atom is -0.493 e. The van der Waals surface area contributed by atoms with E-state index in [9.17, 15) is 4.79 Å². The number of halogens is 1. The Morgan fingerprint density at radius 3 is 2.80 bits per heavy atom. The Labute approximate surface area is 150 Å². The third kappa shape index (κ3) is 3.42. The second-order valence-electron chi connectivity index (χ2n) is 5.77. The minimum atomic E-state index is -0.218. The number of anilines is 1. The standard InChI is InChI=1S/C19H16ClNO4/c20-15-9-12(10-17-19(15)25-8-7-24-17)1-4-18(22)21-14-2-3-16-13(11-14)5-6-23-16/h1-4,9-11H,5-8H2,(H,21,22). The highest BCUT2D eigenvalue weighted by molar-refractivity contribution is 6.32. The Morgan fingerprint density at radius 1 is 1.04 bits per heavy atom. The van der Waals surface area contributed by atoms with Crippen LogP contribution in [0.3, 0.4) is 0 Å². The number of rotatable bonds is 3. The molecular formula is C19H16ClNO4. The Balaban J connectivity index is 1.46. The Morgan fingerprint density at radius 2 is 1.88 bits per heavy atom. The molecule has 128 valence electrons. The molecule has 0 aliphatic carbocycles. The summed E-state index contributed by atoms with van der Waals surface area (Å²) in [7, 11) is 0. The largest absolute Gasteiger partial charge is 0.493 e. The quantitative estimate of drug-likeness (QED) is 0.851. The van der Waals surface area contributed by atoms with Crippen LogP contribution >= 0.6 is 11.6 Å². The van der Waals surface area contributed by atoms with Crippen LogP contribution in [0.5, 0.6) is 17.2 Å². The fraction of sp³-hybridized carbons (Fsp3) is 0.211. The number of fused-ring (bicyclic) bond motifs is 2. The first-order valence-electron chi connectivity index (χ1n) is 8.03. The zero-order chi connectivity index (χ0) is 17.2. The van der Waals surface area contributed by atoms with Crippen molar-refractivity contribution in [1.29, 1.82) is 0 Å². The summed E-state index contributed by atoms with van der Waals surface area (Å²) in [5.41, 5.74) is 2.63. The molecule has 2 heterocycles. The lowest BCUT2D eigenvalue weighted by Gasteiger charge is -2.19. The highest BCUT2D eigenvalue weighted by Crippen LogP contribution is 2.38. The van der Waals surface area contributed by atoms with E-state index in [-0.39, 0.29) is 5.91 Å². The monoisotopic (exact) mass is 357 g/mol. The molecule has 0 radical (unpaired) electrons. The van der Waals surface area contributed by atoms with Crippen LogP contribution < -0.4 is 19.5 Å². The number of carbonyl (C=O) groups is 1. The zero-order valence-corrected chi connectivity index (χ0v) is 14.1. The number of benzene rings is 2. The molecule has 6 heteroatoms. The number of ether oxygens (including phenoxy) is 3.